The van der Waals surface area contributed by atoms with Crippen molar-refractivity contribution in [1.82, 2.24) is 19.9 Å². The highest BCUT2D eigenvalue weighted by Gasteiger charge is 2.20. The Morgan fingerprint density at radius 1 is 1.26 bits per heavy atom. The number of hydrogen-bond acceptors (Lipinski definition) is 3. The van der Waals surface area contributed by atoms with Crippen LogP contribution in [0.25, 0.3) is 11.0 Å². The topological polar surface area (TPSA) is 75.8 Å². The largest absolute Gasteiger partial charge is 0.467 e. The van der Waals surface area contributed by atoms with Crippen molar-refractivity contribution in [1.29, 1.82) is 0 Å². The van der Waals surface area contributed by atoms with Crippen LogP contribution in [0.15, 0.2) is 53.1 Å². The van der Waals surface area contributed by atoms with Crippen LogP contribution in [0, 0.1) is 13.8 Å². The number of amides is 1. The van der Waals surface area contributed by atoms with Gasteiger partial charge in [0.05, 0.1) is 35.4 Å². The average Bonchev–Trinajstić information content (AvgIpc) is 3.37. The molecule has 0 aliphatic heterocycles. The molecular weight excluding hydrogens is 340 g/mol. The number of nitrogens with one attached hydrogen (secondary N) is 2. The molecule has 138 valence electrons. The number of para-hydroxylation sites is 2. The first-order valence-electron chi connectivity index (χ1n) is 8.97. The van der Waals surface area contributed by atoms with Crippen LogP contribution in [-0.2, 0) is 6.54 Å². The van der Waals surface area contributed by atoms with E-state index in [0.29, 0.717) is 12.1 Å². The summed E-state index contributed by atoms with van der Waals surface area (Å²) in [5, 5.41) is 3.04. The molecule has 4 rings (SSSR count). The van der Waals surface area contributed by atoms with Crippen molar-refractivity contribution in [3.05, 3.63) is 77.3 Å². The number of carbonyl (C=O) groups excluding carboxylic acids is 1. The number of carbonyl (C=O) groups is 1. The minimum atomic E-state index is -0.224. The van der Waals surface area contributed by atoms with Crippen LogP contribution in [-0.4, -0.2) is 20.4 Å². The van der Waals surface area contributed by atoms with E-state index in [0.717, 1.165) is 34.0 Å². The standard InChI is InChI=1S/C21H22N4O2/c1-13-11-17(15(3)25(13)12-16-7-6-10-27-16)21(26)22-14(2)20-23-18-8-4-5-9-19(18)24-20/h4-11,14H,12H2,1-3H3,(H,22,26)(H,23,24). The third kappa shape index (κ3) is 3.26. The molecule has 6 heteroatoms. The summed E-state index contributed by atoms with van der Waals surface area (Å²) in [6, 6.07) is 13.3. The second kappa shape index (κ2) is 6.79. The fourth-order valence-electron chi connectivity index (χ4n) is 3.35. The molecule has 2 N–H and O–H groups in total. The highest BCUT2D eigenvalue weighted by molar-refractivity contribution is 5.96. The average molecular weight is 362 g/mol. The molecule has 1 aromatic carbocycles. The van der Waals surface area contributed by atoms with Gasteiger partial charge in [-0.05, 0) is 51.1 Å². The van der Waals surface area contributed by atoms with E-state index in [2.05, 4.69) is 19.9 Å². The number of benzene rings is 1. The number of imidazole rings is 1. The second-order valence-electron chi connectivity index (χ2n) is 6.78. The Balaban J connectivity index is 1.54. The molecule has 0 aliphatic rings. The van der Waals surface area contributed by atoms with E-state index in [1.165, 1.54) is 0 Å². The lowest BCUT2D eigenvalue weighted by molar-refractivity contribution is 0.0937. The van der Waals surface area contributed by atoms with Gasteiger partial charge in [0.1, 0.15) is 11.6 Å². The molecule has 6 nitrogen and oxygen atoms in total. The predicted molar refractivity (Wildman–Crippen MR) is 104 cm³/mol. The van der Waals surface area contributed by atoms with Gasteiger partial charge >= 0.3 is 0 Å². The lowest BCUT2D eigenvalue weighted by atomic mass is 10.2. The van der Waals surface area contributed by atoms with Crippen LogP contribution < -0.4 is 5.32 Å². The maximum Gasteiger partial charge on any atom is 0.253 e. The van der Waals surface area contributed by atoms with Crippen molar-refractivity contribution in [3.63, 3.8) is 0 Å². The normalized spacial score (nSPS) is 12.4. The summed E-state index contributed by atoms with van der Waals surface area (Å²) in [5.41, 5.74) is 4.46. The Hall–Kier alpha value is -3.28. The zero-order chi connectivity index (χ0) is 19.0. The van der Waals surface area contributed by atoms with Gasteiger partial charge in [0, 0.05) is 11.4 Å². The maximum atomic E-state index is 12.8. The molecule has 4 aromatic rings. The number of aryl methyl sites for hydroxylation is 1. The van der Waals surface area contributed by atoms with Gasteiger partial charge in [0.15, 0.2) is 0 Å². The van der Waals surface area contributed by atoms with E-state index in [-0.39, 0.29) is 11.9 Å². The quantitative estimate of drug-likeness (QED) is 0.561. The molecule has 27 heavy (non-hydrogen) atoms. The number of hydrogen-bond donors (Lipinski definition) is 2. The van der Waals surface area contributed by atoms with Gasteiger partial charge < -0.3 is 19.3 Å². The zero-order valence-corrected chi connectivity index (χ0v) is 15.6. The van der Waals surface area contributed by atoms with Crippen LogP contribution in [0.1, 0.15) is 46.3 Å². The van der Waals surface area contributed by atoms with Gasteiger partial charge in [-0.1, -0.05) is 12.1 Å². The Labute approximate surface area is 157 Å². The summed E-state index contributed by atoms with van der Waals surface area (Å²) in [6.45, 7) is 6.49. The first-order chi connectivity index (χ1) is 13.0. The summed E-state index contributed by atoms with van der Waals surface area (Å²) >= 11 is 0. The molecule has 1 atom stereocenters. The van der Waals surface area contributed by atoms with Crippen LogP contribution in [0.4, 0.5) is 0 Å². The van der Waals surface area contributed by atoms with Crippen molar-refractivity contribution < 1.29 is 9.21 Å². The number of fused-ring (bicyclic) bond motifs is 1. The number of aromatic amines is 1. The Morgan fingerprint density at radius 3 is 2.81 bits per heavy atom. The van der Waals surface area contributed by atoms with Crippen LogP contribution in [0.3, 0.4) is 0 Å². The highest BCUT2D eigenvalue weighted by Crippen LogP contribution is 2.20. The van der Waals surface area contributed by atoms with E-state index in [9.17, 15) is 4.79 Å². The molecule has 0 spiro atoms. The molecule has 3 aromatic heterocycles. The van der Waals surface area contributed by atoms with Gasteiger partial charge in [0.2, 0.25) is 0 Å². The first kappa shape index (κ1) is 17.1. The van der Waals surface area contributed by atoms with Crippen molar-refractivity contribution in [3.8, 4) is 0 Å². The summed E-state index contributed by atoms with van der Waals surface area (Å²) in [6.07, 6.45) is 1.66. The monoisotopic (exact) mass is 362 g/mol. The van der Waals surface area contributed by atoms with Crippen LogP contribution in [0.5, 0.6) is 0 Å². The molecule has 0 fully saturated rings. The summed E-state index contributed by atoms with van der Waals surface area (Å²) in [7, 11) is 0. The lowest BCUT2D eigenvalue weighted by Gasteiger charge is -2.12. The molecule has 0 bridgehead atoms. The van der Waals surface area contributed by atoms with E-state index in [1.807, 2.05) is 63.2 Å². The smallest absolute Gasteiger partial charge is 0.253 e. The van der Waals surface area contributed by atoms with Crippen molar-refractivity contribution in [2.75, 3.05) is 0 Å². The minimum Gasteiger partial charge on any atom is -0.467 e. The van der Waals surface area contributed by atoms with Gasteiger partial charge in [0.25, 0.3) is 5.91 Å². The van der Waals surface area contributed by atoms with Crippen LogP contribution >= 0.6 is 0 Å². The number of nitrogens with zero attached hydrogens (tertiary/aromatic N) is 2. The predicted octanol–water partition coefficient (Wildman–Crippen LogP) is 4.11. The van der Waals surface area contributed by atoms with Crippen LogP contribution in [0.2, 0.25) is 0 Å². The molecule has 0 aliphatic carbocycles. The van der Waals surface area contributed by atoms with E-state index < -0.39 is 0 Å². The summed E-state index contributed by atoms with van der Waals surface area (Å²) < 4.78 is 7.52. The van der Waals surface area contributed by atoms with Crippen molar-refractivity contribution >= 4 is 16.9 Å². The summed E-state index contributed by atoms with van der Waals surface area (Å²) in [5.74, 6) is 1.50. The van der Waals surface area contributed by atoms with E-state index in [1.54, 1.807) is 6.26 Å². The maximum absolute atomic E-state index is 12.8. The first-order valence-corrected chi connectivity index (χ1v) is 8.97. The van der Waals surface area contributed by atoms with Gasteiger partial charge in [-0.15, -0.1) is 0 Å². The minimum absolute atomic E-state index is 0.109. The number of H-pyrrole nitrogens is 1. The number of rotatable bonds is 5. The Bertz CT molecular complexity index is 1060. The lowest BCUT2D eigenvalue weighted by Crippen LogP contribution is -2.27. The molecule has 3 heterocycles. The molecule has 0 radical (unpaired) electrons. The Morgan fingerprint density at radius 2 is 2.07 bits per heavy atom. The fourth-order valence-corrected chi connectivity index (χ4v) is 3.35. The number of aromatic nitrogens is 3. The fraction of sp³-hybridized carbons (Fsp3) is 0.238. The van der Waals surface area contributed by atoms with Gasteiger partial charge in [-0.25, -0.2) is 4.98 Å². The summed E-state index contributed by atoms with van der Waals surface area (Å²) in [4.78, 5) is 20.7. The highest BCUT2D eigenvalue weighted by atomic mass is 16.3. The van der Waals surface area contributed by atoms with Gasteiger partial charge in [-0.2, -0.15) is 0 Å². The Kier molecular flexibility index (Phi) is 4.32. The molecular formula is C21H22N4O2. The van der Waals surface area contributed by atoms with Crippen molar-refractivity contribution in [2.45, 2.75) is 33.4 Å². The van der Waals surface area contributed by atoms with E-state index in [4.69, 9.17) is 4.42 Å². The van der Waals surface area contributed by atoms with E-state index >= 15 is 0 Å². The van der Waals surface area contributed by atoms with Crippen molar-refractivity contribution in [2.24, 2.45) is 0 Å². The SMILES string of the molecule is Cc1cc(C(=O)NC(C)c2nc3ccccc3[nH]2)c(C)n1Cc1ccco1. The zero-order valence-electron chi connectivity index (χ0n) is 15.6. The molecule has 0 saturated carbocycles. The molecule has 0 saturated heterocycles. The van der Waals surface area contributed by atoms with Gasteiger partial charge in [-0.3, -0.25) is 4.79 Å². The third-order valence-corrected chi connectivity index (χ3v) is 4.88. The second-order valence-corrected chi connectivity index (χ2v) is 6.78. The molecule has 1 unspecified atom stereocenters. The number of furan rings is 1. The third-order valence-electron chi connectivity index (χ3n) is 4.88. The molecule has 1 amide bonds.